The van der Waals surface area contributed by atoms with E-state index in [-0.39, 0.29) is 0 Å². The van der Waals surface area contributed by atoms with Crippen LogP contribution in [0.2, 0.25) is 0 Å². The largest absolute Gasteiger partial charge is 0.486 e. The highest BCUT2D eigenvalue weighted by molar-refractivity contribution is 7.18. The van der Waals surface area contributed by atoms with Gasteiger partial charge in [-0.3, -0.25) is 0 Å². The summed E-state index contributed by atoms with van der Waals surface area (Å²) in [5.74, 6) is 0.755. The van der Waals surface area contributed by atoms with Crippen molar-refractivity contribution in [3.05, 3.63) is 53.5 Å². The Morgan fingerprint density at radius 1 is 1.08 bits per heavy atom. The lowest BCUT2D eigenvalue weighted by molar-refractivity contribution is 0.305. The molecular formula is C16H13N5O2S. The van der Waals surface area contributed by atoms with E-state index in [1.165, 1.54) is 11.8 Å². The number of hydrogen-bond donors (Lipinski definition) is 0. The van der Waals surface area contributed by atoms with Gasteiger partial charge >= 0.3 is 6.01 Å². The van der Waals surface area contributed by atoms with Gasteiger partial charge in [-0.1, -0.05) is 17.2 Å². The molecule has 0 fully saturated rings. The van der Waals surface area contributed by atoms with Crippen LogP contribution in [0.15, 0.2) is 48.5 Å². The van der Waals surface area contributed by atoms with Crippen molar-refractivity contribution in [3.8, 4) is 17.4 Å². The van der Waals surface area contributed by atoms with E-state index in [9.17, 15) is 0 Å². The molecule has 2 aromatic carbocycles. The Morgan fingerprint density at radius 2 is 1.92 bits per heavy atom. The van der Waals surface area contributed by atoms with E-state index in [0.717, 1.165) is 26.7 Å². The van der Waals surface area contributed by atoms with Crippen LogP contribution in [0.5, 0.6) is 11.8 Å². The van der Waals surface area contributed by atoms with Crippen LogP contribution in [0.3, 0.4) is 0 Å². The smallest absolute Gasteiger partial charge is 0.340 e. The van der Waals surface area contributed by atoms with Gasteiger partial charge in [0.05, 0.1) is 23.0 Å². The topological polar surface area (TPSA) is 75.0 Å². The summed E-state index contributed by atoms with van der Waals surface area (Å²) in [6.45, 7) is 0.437. The van der Waals surface area contributed by atoms with Crippen molar-refractivity contribution >= 4 is 21.6 Å². The summed E-state index contributed by atoms with van der Waals surface area (Å²) < 4.78 is 13.6. The molecule has 7 nitrogen and oxygen atoms in total. The first-order chi connectivity index (χ1) is 11.8. The van der Waals surface area contributed by atoms with E-state index < -0.39 is 0 Å². The molecule has 24 heavy (non-hydrogen) atoms. The molecule has 4 rings (SSSR count). The maximum Gasteiger partial charge on any atom is 0.340 e. The first kappa shape index (κ1) is 14.6. The summed E-state index contributed by atoms with van der Waals surface area (Å²) in [5, 5.41) is 12.2. The number of nitrogens with zero attached hydrogens (tertiary/aromatic N) is 5. The second kappa shape index (κ2) is 6.25. The molecule has 0 aliphatic heterocycles. The minimum atomic E-state index is 0.332. The molecule has 0 amide bonds. The van der Waals surface area contributed by atoms with Crippen molar-refractivity contribution in [1.29, 1.82) is 0 Å². The van der Waals surface area contributed by atoms with Crippen LogP contribution in [-0.4, -0.2) is 32.3 Å². The maximum atomic E-state index is 5.81. The Bertz CT molecular complexity index is 931. The van der Waals surface area contributed by atoms with Crippen molar-refractivity contribution in [1.82, 2.24) is 25.2 Å². The number of thiazole rings is 1. The molecule has 2 heterocycles. The number of tetrazole rings is 1. The van der Waals surface area contributed by atoms with E-state index in [1.54, 1.807) is 11.3 Å². The third-order valence-corrected chi connectivity index (χ3v) is 4.42. The zero-order valence-electron chi connectivity index (χ0n) is 12.8. The van der Waals surface area contributed by atoms with Gasteiger partial charge in [0.1, 0.15) is 17.4 Å². The minimum absolute atomic E-state index is 0.332. The Kier molecular flexibility index (Phi) is 3.80. The predicted octanol–water partition coefficient (Wildman–Crippen LogP) is 2.86. The quantitative estimate of drug-likeness (QED) is 0.556. The molecule has 0 N–H and O–H groups in total. The highest BCUT2D eigenvalue weighted by Gasteiger charge is 2.08. The van der Waals surface area contributed by atoms with E-state index in [0.29, 0.717) is 12.6 Å². The zero-order chi connectivity index (χ0) is 16.4. The van der Waals surface area contributed by atoms with Crippen LogP contribution in [-0.2, 0) is 6.61 Å². The number of methoxy groups -OCH3 is 1. The number of hydrogen-bond acceptors (Lipinski definition) is 7. The van der Waals surface area contributed by atoms with Crippen LogP contribution >= 0.6 is 11.3 Å². The SMILES string of the molecule is COc1nnnn1-c1ccc(OCc2nc3ccccc3s2)cc1. The summed E-state index contributed by atoms with van der Waals surface area (Å²) in [4.78, 5) is 4.56. The van der Waals surface area contributed by atoms with Crippen LogP contribution < -0.4 is 9.47 Å². The lowest BCUT2D eigenvalue weighted by Gasteiger charge is -2.06. The molecule has 2 aromatic heterocycles. The Labute approximate surface area is 141 Å². The van der Waals surface area contributed by atoms with Gasteiger partial charge in [-0.25, -0.2) is 4.98 Å². The van der Waals surface area contributed by atoms with E-state index in [2.05, 4.69) is 26.6 Å². The van der Waals surface area contributed by atoms with Gasteiger partial charge in [-0.2, -0.15) is 4.68 Å². The molecule has 0 saturated carbocycles. The van der Waals surface area contributed by atoms with Gasteiger partial charge in [0.25, 0.3) is 0 Å². The summed E-state index contributed by atoms with van der Waals surface area (Å²) in [7, 11) is 1.53. The highest BCUT2D eigenvalue weighted by Crippen LogP contribution is 2.23. The Hall–Kier alpha value is -3.00. The van der Waals surface area contributed by atoms with E-state index in [4.69, 9.17) is 9.47 Å². The molecule has 0 bridgehead atoms. The molecule has 0 spiro atoms. The van der Waals surface area contributed by atoms with E-state index in [1.807, 2.05) is 42.5 Å². The third kappa shape index (κ3) is 2.79. The molecule has 0 atom stereocenters. The Morgan fingerprint density at radius 3 is 2.71 bits per heavy atom. The monoisotopic (exact) mass is 339 g/mol. The summed E-state index contributed by atoms with van der Waals surface area (Å²) in [6, 6.07) is 15.9. The van der Waals surface area contributed by atoms with Gasteiger partial charge in [0, 0.05) is 0 Å². The van der Waals surface area contributed by atoms with Crippen molar-refractivity contribution < 1.29 is 9.47 Å². The van der Waals surface area contributed by atoms with Crippen LogP contribution in [0.25, 0.3) is 15.9 Å². The summed E-state index contributed by atoms with van der Waals surface area (Å²) in [6.07, 6.45) is 0. The molecule has 0 aliphatic rings. The zero-order valence-corrected chi connectivity index (χ0v) is 13.6. The third-order valence-electron chi connectivity index (χ3n) is 3.41. The Balaban J connectivity index is 1.47. The van der Waals surface area contributed by atoms with Crippen LogP contribution in [0.1, 0.15) is 5.01 Å². The number of fused-ring (bicyclic) bond motifs is 1. The first-order valence-corrected chi connectivity index (χ1v) is 8.05. The van der Waals surface area contributed by atoms with E-state index >= 15 is 0 Å². The number of ether oxygens (including phenoxy) is 2. The number of benzene rings is 2. The van der Waals surface area contributed by atoms with Crippen molar-refractivity contribution in [2.45, 2.75) is 6.61 Å². The van der Waals surface area contributed by atoms with Crippen LogP contribution in [0, 0.1) is 0 Å². The molecular weight excluding hydrogens is 326 g/mol. The van der Waals surface area contributed by atoms with Crippen molar-refractivity contribution in [2.75, 3.05) is 7.11 Å². The fourth-order valence-electron chi connectivity index (χ4n) is 2.28. The van der Waals surface area contributed by atoms with Gasteiger partial charge in [-0.05, 0) is 46.8 Å². The fraction of sp³-hybridized carbons (Fsp3) is 0.125. The molecule has 0 unspecified atom stereocenters. The number of aromatic nitrogens is 5. The van der Waals surface area contributed by atoms with Crippen molar-refractivity contribution in [3.63, 3.8) is 0 Å². The molecule has 0 aliphatic carbocycles. The lowest BCUT2D eigenvalue weighted by atomic mass is 10.3. The standard InChI is InChI=1S/C16H13N5O2S/c1-22-16-18-19-20-21(16)11-6-8-12(9-7-11)23-10-15-17-13-4-2-3-5-14(13)24-15/h2-9H,10H2,1H3. The molecule has 4 aromatic rings. The summed E-state index contributed by atoms with van der Waals surface area (Å²) >= 11 is 1.64. The molecule has 0 saturated heterocycles. The maximum absolute atomic E-state index is 5.81. The second-order valence-electron chi connectivity index (χ2n) is 4.94. The predicted molar refractivity (Wildman–Crippen MR) is 89.7 cm³/mol. The van der Waals surface area contributed by atoms with Crippen LogP contribution in [0.4, 0.5) is 0 Å². The number of para-hydroxylation sites is 1. The molecule has 0 radical (unpaired) electrons. The highest BCUT2D eigenvalue weighted by atomic mass is 32.1. The minimum Gasteiger partial charge on any atom is -0.486 e. The lowest BCUT2D eigenvalue weighted by Crippen LogP contribution is -2.00. The average molecular weight is 339 g/mol. The first-order valence-electron chi connectivity index (χ1n) is 7.23. The van der Waals surface area contributed by atoms with Gasteiger partial charge < -0.3 is 9.47 Å². The fourth-order valence-corrected chi connectivity index (χ4v) is 3.16. The normalized spacial score (nSPS) is 10.9. The van der Waals surface area contributed by atoms with Gasteiger partial charge in [-0.15, -0.1) is 11.3 Å². The van der Waals surface area contributed by atoms with Gasteiger partial charge in [0.2, 0.25) is 0 Å². The average Bonchev–Trinajstić information content (AvgIpc) is 3.26. The van der Waals surface area contributed by atoms with Gasteiger partial charge in [0.15, 0.2) is 0 Å². The molecule has 8 heteroatoms. The van der Waals surface area contributed by atoms with Crippen molar-refractivity contribution in [2.24, 2.45) is 0 Å². The molecule has 120 valence electrons. The second-order valence-corrected chi connectivity index (χ2v) is 6.05. The summed E-state index contributed by atoms with van der Waals surface area (Å²) in [5.41, 5.74) is 1.80. The number of rotatable bonds is 5.